The number of halogens is 1. The Hall–Kier alpha value is -2.58. The molecule has 1 aromatic heterocycles. The molecule has 0 fully saturated rings. The normalized spacial score (nSPS) is 10.7. The minimum Gasteiger partial charge on any atom is -0.325 e. The van der Waals surface area contributed by atoms with Gasteiger partial charge in [0.2, 0.25) is 11.8 Å². The molecule has 0 radical (unpaired) electrons. The maximum absolute atomic E-state index is 12.4. The summed E-state index contributed by atoms with van der Waals surface area (Å²) in [5.74, 6) is 0.706. The number of thioether (sulfide) groups is 1. The molecule has 0 bridgehead atoms. The van der Waals surface area contributed by atoms with Gasteiger partial charge in [0.1, 0.15) is 5.82 Å². The molecular formula is C22H23BrN4O2S. The first-order valence-electron chi connectivity index (χ1n) is 9.37. The lowest BCUT2D eigenvalue weighted by molar-refractivity contribution is -0.114. The predicted octanol–water partition coefficient (Wildman–Crippen LogP) is 5.25. The van der Waals surface area contributed by atoms with Crippen molar-refractivity contribution in [1.82, 2.24) is 9.78 Å². The number of anilines is 2. The first-order valence-corrected chi connectivity index (χ1v) is 11.1. The molecule has 3 aromatic rings. The third-order valence-electron chi connectivity index (χ3n) is 4.35. The third kappa shape index (κ3) is 5.52. The van der Waals surface area contributed by atoms with Gasteiger partial charge in [0, 0.05) is 28.0 Å². The summed E-state index contributed by atoms with van der Waals surface area (Å²) in [7, 11) is 0. The van der Waals surface area contributed by atoms with E-state index in [0.717, 1.165) is 31.9 Å². The summed E-state index contributed by atoms with van der Waals surface area (Å²) in [6, 6.07) is 13.3. The number of benzene rings is 2. The maximum Gasteiger partial charge on any atom is 0.234 e. The number of hydrogen-bond acceptors (Lipinski definition) is 4. The van der Waals surface area contributed by atoms with E-state index in [1.54, 1.807) is 10.7 Å². The molecule has 1 heterocycles. The van der Waals surface area contributed by atoms with Crippen molar-refractivity contribution in [2.45, 2.75) is 32.6 Å². The van der Waals surface area contributed by atoms with Crippen molar-refractivity contribution in [2.75, 3.05) is 16.4 Å². The summed E-state index contributed by atoms with van der Waals surface area (Å²) in [5, 5.41) is 10.1. The molecule has 6 nitrogen and oxygen atoms in total. The Morgan fingerprint density at radius 2 is 1.73 bits per heavy atom. The topological polar surface area (TPSA) is 76.0 Å². The summed E-state index contributed by atoms with van der Waals surface area (Å²) < 4.78 is 2.74. The molecule has 0 saturated heterocycles. The number of amides is 2. The van der Waals surface area contributed by atoms with Crippen LogP contribution in [0.5, 0.6) is 0 Å². The number of nitrogens with zero attached hydrogens (tertiary/aromatic N) is 2. The van der Waals surface area contributed by atoms with Crippen LogP contribution < -0.4 is 10.6 Å². The van der Waals surface area contributed by atoms with Crippen molar-refractivity contribution in [3.63, 3.8) is 0 Å². The van der Waals surface area contributed by atoms with Crippen molar-refractivity contribution >= 4 is 51.0 Å². The van der Waals surface area contributed by atoms with E-state index in [2.05, 4.69) is 43.8 Å². The van der Waals surface area contributed by atoms with Gasteiger partial charge in [0.05, 0.1) is 17.1 Å². The molecule has 2 N–H and O–H groups in total. The molecule has 8 heteroatoms. The van der Waals surface area contributed by atoms with E-state index in [1.807, 2.05) is 45.0 Å². The van der Waals surface area contributed by atoms with Gasteiger partial charge in [-0.15, -0.1) is 11.8 Å². The van der Waals surface area contributed by atoms with Gasteiger partial charge in [-0.05, 0) is 68.3 Å². The minimum atomic E-state index is -0.159. The largest absolute Gasteiger partial charge is 0.325 e. The fourth-order valence-corrected chi connectivity index (χ4v) is 4.27. The number of carbonyl (C=O) groups excluding carboxylic acids is 2. The SMILES string of the molecule is CC(=O)Nc1cc(C)nn1-c1ccc(NC(=O)CSc2cc(C)c(Br)cc2C)cc1. The van der Waals surface area contributed by atoms with E-state index in [9.17, 15) is 9.59 Å². The first-order chi connectivity index (χ1) is 14.2. The quantitative estimate of drug-likeness (QED) is 0.466. The van der Waals surface area contributed by atoms with E-state index < -0.39 is 0 Å². The van der Waals surface area contributed by atoms with Gasteiger partial charge in [0.25, 0.3) is 0 Å². The highest BCUT2D eigenvalue weighted by molar-refractivity contribution is 9.10. The lowest BCUT2D eigenvalue weighted by Crippen LogP contribution is -2.14. The van der Waals surface area contributed by atoms with Gasteiger partial charge >= 0.3 is 0 Å². The molecule has 2 amide bonds. The monoisotopic (exact) mass is 486 g/mol. The number of nitrogens with one attached hydrogen (secondary N) is 2. The van der Waals surface area contributed by atoms with E-state index in [1.165, 1.54) is 18.7 Å². The van der Waals surface area contributed by atoms with Crippen LogP contribution >= 0.6 is 27.7 Å². The summed E-state index contributed by atoms with van der Waals surface area (Å²) in [5.41, 5.74) is 4.58. The standard InChI is InChI=1S/C22H23BrN4O2S/c1-13-10-20(14(2)9-19(13)23)30-12-22(29)25-17-5-7-18(8-6-17)27-21(24-16(4)28)11-15(3)26-27/h5-11H,12H2,1-4H3,(H,24,28)(H,25,29). The summed E-state index contributed by atoms with van der Waals surface area (Å²) in [6.07, 6.45) is 0. The molecule has 0 aliphatic rings. The molecule has 0 atom stereocenters. The van der Waals surface area contributed by atoms with Crippen molar-refractivity contribution in [2.24, 2.45) is 0 Å². The van der Waals surface area contributed by atoms with Gasteiger partial charge < -0.3 is 10.6 Å². The van der Waals surface area contributed by atoms with Crippen molar-refractivity contribution < 1.29 is 9.59 Å². The lowest BCUT2D eigenvalue weighted by Gasteiger charge is -2.10. The second-order valence-corrected chi connectivity index (χ2v) is 8.89. The molecule has 0 aliphatic heterocycles. The fraction of sp³-hybridized carbons (Fsp3) is 0.227. The summed E-state index contributed by atoms with van der Waals surface area (Å²) >= 11 is 5.05. The molecule has 3 rings (SSSR count). The second kappa shape index (κ2) is 9.49. The van der Waals surface area contributed by atoms with Crippen LogP contribution in [-0.4, -0.2) is 27.3 Å². The van der Waals surface area contributed by atoms with Gasteiger partial charge in [-0.25, -0.2) is 4.68 Å². The Balaban J connectivity index is 1.64. The molecule has 0 saturated carbocycles. The van der Waals surface area contributed by atoms with Crippen LogP contribution in [0.1, 0.15) is 23.7 Å². The number of hydrogen-bond donors (Lipinski definition) is 2. The van der Waals surface area contributed by atoms with E-state index in [0.29, 0.717) is 17.3 Å². The highest BCUT2D eigenvalue weighted by atomic mass is 79.9. The first kappa shape index (κ1) is 22.1. The average Bonchev–Trinajstić information content (AvgIpc) is 3.03. The maximum atomic E-state index is 12.4. The van der Waals surface area contributed by atoms with E-state index in [-0.39, 0.29) is 11.8 Å². The van der Waals surface area contributed by atoms with Crippen LogP contribution in [0.15, 0.2) is 51.8 Å². The van der Waals surface area contributed by atoms with Crippen LogP contribution in [0.4, 0.5) is 11.5 Å². The van der Waals surface area contributed by atoms with Crippen LogP contribution in [0.2, 0.25) is 0 Å². The third-order valence-corrected chi connectivity index (χ3v) is 6.36. The van der Waals surface area contributed by atoms with Crippen molar-refractivity contribution in [3.05, 3.63) is 63.8 Å². The molecule has 30 heavy (non-hydrogen) atoms. The van der Waals surface area contributed by atoms with Gasteiger partial charge in [-0.1, -0.05) is 15.9 Å². The van der Waals surface area contributed by atoms with E-state index >= 15 is 0 Å². The number of carbonyl (C=O) groups is 2. The molecule has 2 aromatic carbocycles. The average molecular weight is 487 g/mol. The Morgan fingerprint density at radius 3 is 2.40 bits per heavy atom. The number of aromatic nitrogens is 2. The molecular weight excluding hydrogens is 464 g/mol. The highest BCUT2D eigenvalue weighted by Gasteiger charge is 2.10. The van der Waals surface area contributed by atoms with Crippen molar-refractivity contribution in [1.29, 1.82) is 0 Å². The van der Waals surface area contributed by atoms with Gasteiger partial charge in [0.15, 0.2) is 0 Å². The summed E-state index contributed by atoms with van der Waals surface area (Å²) in [4.78, 5) is 24.9. The zero-order chi connectivity index (χ0) is 21.8. The number of rotatable bonds is 6. The predicted molar refractivity (Wildman–Crippen MR) is 126 cm³/mol. The molecule has 0 aliphatic carbocycles. The highest BCUT2D eigenvalue weighted by Crippen LogP contribution is 2.28. The second-order valence-electron chi connectivity index (χ2n) is 7.01. The fourth-order valence-electron chi connectivity index (χ4n) is 2.90. The van der Waals surface area contributed by atoms with Crippen LogP contribution in [0.25, 0.3) is 5.69 Å². The lowest BCUT2D eigenvalue weighted by atomic mass is 10.2. The van der Waals surface area contributed by atoms with Gasteiger partial charge in [-0.2, -0.15) is 5.10 Å². The Morgan fingerprint density at radius 1 is 1.03 bits per heavy atom. The smallest absolute Gasteiger partial charge is 0.234 e. The zero-order valence-corrected chi connectivity index (χ0v) is 19.6. The Kier molecular flexibility index (Phi) is 6.99. The Labute approximate surface area is 188 Å². The summed E-state index contributed by atoms with van der Waals surface area (Å²) in [6.45, 7) is 7.39. The van der Waals surface area contributed by atoms with Gasteiger partial charge in [-0.3, -0.25) is 9.59 Å². The molecule has 0 unspecified atom stereocenters. The Bertz CT molecular complexity index is 1090. The minimum absolute atomic E-state index is 0.0680. The van der Waals surface area contributed by atoms with E-state index in [4.69, 9.17) is 0 Å². The number of aryl methyl sites for hydroxylation is 3. The van der Waals surface area contributed by atoms with Crippen LogP contribution in [0.3, 0.4) is 0 Å². The zero-order valence-electron chi connectivity index (χ0n) is 17.2. The van der Waals surface area contributed by atoms with Crippen molar-refractivity contribution in [3.8, 4) is 5.69 Å². The van der Waals surface area contributed by atoms with Crippen LogP contribution in [0, 0.1) is 20.8 Å². The van der Waals surface area contributed by atoms with Crippen LogP contribution in [-0.2, 0) is 9.59 Å². The molecule has 0 spiro atoms. The molecule has 156 valence electrons.